The third-order valence-corrected chi connectivity index (χ3v) is 4.57. The second-order valence-corrected chi connectivity index (χ2v) is 6.13. The molecule has 0 fully saturated rings. The summed E-state index contributed by atoms with van der Waals surface area (Å²) in [6.45, 7) is 0. The molecule has 0 atom stereocenters. The van der Waals surface area contributed by atoms with E-state index in [1.165, 1.54) is 12.1 Å². The second-order valence-electron chi connectivity index (χ2n) is 6.13. The van der Waals surface area contributed by atoms with E-state index >= 15 is 0 Å². The predicted octanol–water partition coefficient (Wildman–Crippen LogP) is 5.85. The molecule has 0 aliphatic rings. The lowest BCUT2D eigenvalue weighted by Gasteiger charge is -2.06. The van der Waals surface area contributed by atoms with Gasteiger partial charge in [-0.05, 0) is 35.7 Å². The highest BCUT2D eigenvalue weighted by Gasteiger charge is 2.16. The fourth-order valence-corrected chi connectivity index (χ4v) is 3.32. The van der Waals surface area contributed by atoms with Crippen LogP contribution in [-0.4, -0.2) is 10.1 Å². The van der Waals surface area contributed by atoms with Crippen molar-refractivity contribution < 1.29 is 8.91 Å². The number of halogens is 1. The Labute approximate surface area is 148 Å². The molecule has 0 spiro atoms. The summed E-state index contributed by atoms with van der Waals surface area (Å²) in [7, 11) is 0. The lowest BCUT2D eigenvalue weighted by atomic mass is 9.98. The molecule has 2 aromatic heterocycles. The smallest absolute Gasteiger partial charge is 0.175 e. The van der Waals surface area contributed by atoms with Gasteiger partial charge in [0.1, 0.15) is 11.5 Å². The number of hydrogen-bond acceptors (Lipinski definition) is 3. The van der Waals surface area contributed by atoms with Gasteiger partial charge in [-0.25, -0.2) is 4.39 Å². The van der Waals surface area contributed by atoms with Crippen LogP contribution in [0.2, 0.25) is 0 Å². The maximum atomic E-state index is 13.2. The van der Waals surface area contributed by atoms with Crippen LogP contribution >= 0.6 is 0 Å². The zero-order chi connectivity index (χ0) is 17.5. The number of hydrogen-bond donors (Lipinski definition) is 0. The molecule has 4 heteroatoms. The number of aromatic nitrogens is 2. The van der Waals surface area contributed by atoms with Gasteiger partial charge in [-0.15, -0.1) is 0 Å². The summed E-state index contributed by atoms with van der Waals surface area (Å²) in [5.41, 5.74) is 4.15. The molecule has 0 radical (unpaired) electrons. The molecule has 5 aromatic rings. The lowest BCUT2D eigenvalue weighted by molar-refractivity contribution is 0.460. The molecule has 0 amide bonds. The van der Waals surface area contributed by atoms with Crippen molar-refractivity contribution in [3.05, 3.63) is 84.9 Å². The number of pyridine rings is 1. The standard InChI is InChI=1S/C22H13FN2O/c23-16-10-8-14(9-11-16)21-19-7-3-6-18(22(19)26-25-21)20-13-24-12-15-4-1-2-5-17(15)20/h1-13H. The molecular formula is C22H13FN2O. The highest BCUT2D eigenvalue weighted by Crippen LogP contribution is 2.36. The van der Waals surface area contributed by atoms with Gasteiger partial charge in [0.15, 0.2) is 5.58 Å². The first-order valence-electron chi connectivity index (χ1n) is 8.29. The molecule has 0 aliphatic carbocycles. The van der Waals surface area contributed by atoms with Crippen LogP contribution in [0, 0.1) is 5.82 Å². The highest BCUT2D eigenvalue weighted by atomic mass is 19.1. The van der Waals surface area contributed by atoms with Crippen molar-refractivity contribution in [2.45, 2.75) is 0 Å². The summed E-state index contributed by atoms with van der Waals surface area (Å²) >= 11 is 0. The molecule has 3 aromatic carbocycles. The Hall–Kier alpha value is -3.53. The van der Waals surface area contributed by atoms with Crippen LogP contribution in [0.25, 0.3) is 44.1 Å². The zero-order valence-corrected chi connectivity index (χ0v) is 13.7. The average Bonchev–Trinajstić information content (AvgIpc) is 3.12. The molecule has 5 rings (SSSR count). The Morgan fingerprint density at radius 3 is 2.42 bits per heavy atom. The lowest BCUT2D eigenvalue weighted by Crippen LogP contribution is -1.85. The van der Waals surface area contributed by atoms with Gasteiger partial charge in [0, 0.05) is 34.5 Å². The third-order valence-electron chi connectivity index (χ3n) is 4.57. The third kappa shape index (κ3) is 2.27. The van der Waals surface area contributed by atoms with Crippen LogP contribution in [0.3, 0.4) is 0 Å². The Kier molecular flexibility index (Phi) is 3.28. The van der Waals surface area contributed by atoms with Crippen molar-refractivity contribution in [3.8, 4) is 22.4 Å². The summed E-state index contributed by atoms with van der Waals surface area (Å²) in [6.07, 6.45) is 3.69. The van der Waals surface area contributed by atoms with Crippen LogP contribution < -0.4 is 0 Å². The van der Waals surface area contributed by atoms with Crippen LogP contribution in [0.15, 0.2) is 83.6 Å². The number of benzene rings is 3. The van der Waals surface area contributed by atoms with Crippen molar-refractivity contribution in [2.75, 3.05) is 0 Å². The van der Waals surface area contributed by atoms with E-state index in [9.17, 15) is 4.39 Å². The molecule has 26 heavy (non-hydrogen) atoms. The summed E-state index contributed by atoms with van der Waals surface area (Å²) in [5.74, 6) is -0.274. The predicted molar refractivity (Wildman–Crippen MR) is 100 cm³/mol. The number of fused-ring (bicyclic) bond motifs is 2. The van der Waals surface area contributed by atoms with Gasteiger partial charge in [0.25, 0.3) is 0 Å². The number of rotatable bonds is 2. The molecule has 124 valence electrons. The second kappa shape index (κ2) is 5.77. The molecule has 0 saturated heterocycles. The highest BCUT2D eigenvalue weighted by molar-refractivity contribution is 6.05. The van der Waals surface area contributed by atoms with E-state index in [2.05, 4.69) is 16.2 Å². The summed E-state index contributed by atoms with van der Waals surface area (Å²) in [6, 6.07) is 20.3. The first kappa shape index (κ1) is 14.8. The van der Waals surface area contributed by atoms with E-state index in [1.807, 2.05) is 48.8 Å². The first-order valence-corrected chi connectivity index (χ1v) is 8.29. The first-order chi connectivity index (χ1) is 12.8. The van der Waals surface area contributed by atoms with Gasteiger partial charge < -0.3 is 4.52 Å². The fourth-order valence-electron chi connectivity index (χ4n) is 3.32. The van der Waals surface area contributed by atoms with Crippen LogP contribution in [-0.2, 0) is 0 Å². The van der Waals surface area contributed by atoms with E-state index in [0.29, 0.717) is 11.3 Å². The SMILES string of the molecule is Fc1ccc(-c2noc3c(-c4cncc5ccccc45)cccc23)cc1. The van der Waals surface area contributed by atoms with Crippen LogP contribution in [0.5, 0.6) is 0 Å². The Morgan fingerprint density at radius 1 is 0.731 bits per heavy atom. The minimum Gasteiger partial charge on any atom is -0.355 e. The quantitative estimate of drug-likeness (QED) is 0.405. The van der Waals surface area contributed by atoms with Crippen molar-refractivity contribution in [1.82, 2.24) is 10.1 Å². The van der Waals surface area contributed by atoms with E-state index < -0.39 is 0 Å². The minimum atomic E-state index is -0.274. The topological polar surface area (TPSA) is 38.9 Å². The van der Waals surface area contributed by atoms with Gasteiger partial charge in [-0.1, -0.05) is 41.6 Å². The normalized spacial score (nSPS) is 11.3. The van der Waals surface area contributed by atoms with Gasteiger partial charge >= 0.3 is 0 Å². The van der Waals surface area contributed by atoms with Gasteiger partial charge in [-0.2, -0.15) is 0 Å². The maximum Gasteiger partial charge on any atom is 0.175 e. The van der Waals surface area contributed by atoms with E-state index in [4.69, 9.17) is 4.52 Å². The Bertz CT molecular complexity index is 1240. The maximum absolute atomic E-state index is 13.2. The molecule has 3 nitrogen and oxygen atoms in total. The zero-order valence-electron chi connectivity index (χ0n) is 13.7. The molecule has 0 bridgehead atoms. The van der Waals surface area contributed by atoms with Gasteiger partial charge in [-0.3, -0.25) is 4.98 Å². The van der Waals surface area contributed by atoms with Crippen LogP contribution in [0.1, 0.15) is 0 Å². The fraction of sp³-hybridized carbons (Fsp3) is 0. The molecular weight excluding hydrogens is 327 g/mol. The summed E-state index contributed by atoms with van der Waals surface area (Å²) < 4.78 is 18.9. The van der Waals surface area contributed by atoms with E-state index in [-0.39, 0.29) is 5.82 Å². The summed E-state index contributed by atoms with van der Waals surface area (Å²) in [4.78, 5) is 4.37. The molecule has 0 aliphatic heterocycles. The Balaban J connectivity index is 1.76. The Morgan fingerprint density at radius 2 is 1.54 bits per heavy atom. The van der Waals surface area contributed by atoms with Crippen molar-refractivity contribution in [1.29, 1.82) is 0 Å². The van der Waals surface area contributed by atoms with Crippen molar-refractivity contribution in [2.24, 2.45) is 0 Å². The van der Waals surface area contributed by atoms with E-state index in [0.717, 1.165) is 32.8 Å². The molecule has 0 N–H and O–H groups in total. The summed E-state index contributed by atoms with van der Waals surface area (Å²) in [5, 5.41) is 7.31. The minimum absolute atomic E-state index is 0.274. The molecule has 0 saturated carbocycles. The van der Waals surface area contributed by atoms with E-state index in [1.54, 1.807) is 12.1 Å². The molecule has 0 unspecified atom stereocenters. The monoisotopic (exact) mass is 340 g/mol. The van der Waals surface area contributed by atoms with Gasteiger partial charge in [0.05, 0.1) is 5.39 Å². The number of para-hydroxylation sites is 1. The number of nitrogens with zero attached hydrogens (tertiary/aromatic N) is 2. The van der Waals surface area contributed by atoms with Gasteiger partial charge in [0.2, 0.25) is 0 Å². The van der Waals surface area contributed by atoms with Crippen molar-refractivity contribution >= 4 is 21.7 Å². The molecule has 2 heterocycles. The van der Waals surface area contributed by atoms with Crippen LogP contribution in [0.4, 0.5) is 4.39 Å². The largest absolute Gasteiger partial charge is 0.355 e. The van der Waals surface area contributed by atoms with Crippen molar-refractivity contribution in [3.63, 3.8) is 0 Å². The average molecular weight is 340 g/mol.